The van der Waals surface area contributed by atoms with Crippen molar-refractivity contribution in [2.75, 3.05) is 13.2 Å². The smallest absolute Gasteiger partial charge is 0.163 e. The third-order valence-corrected chi connectivity index (χ3v) is 4.16. The summed E-state index contributed by atoms with van der Waals surface area (Å²) in [4.78, 5) is 4.47. The minimum atomic E-state index is 0.596. The van der Waals surface area contributed by atoms with Gasteiger partial charge in [-0.2, -0.15) is 0 Å². The van der Waals surface area contributed by atoms with Crippen molar-refractivity contribution >= 4 is 22.6 Å². The largest absolute Gasteiger partial charge is 0.486 e. The second-order valence-electron chi connectivity index (χ2n) is 5.30. The molecule has 1 aliphatic heterocycles. The second kappa shape index (κ2) is 5.11. The Hall–Kier alpha value is -1.94. The summed E-state index contributed by atoms with van der Waals surface area (Å²) in [6.07, 6.45) is 7.89. The van der Waals surface area contributed by atoms with Gasteiger partial charge in [-0.1, -0.05) is 23.3 Å². The zero-order chi connectivity index (χ0) is 14.2. The van der Waals surface area contributed by atoms with E-state index in [1.54, 1.807) is 0 Å². The molecule has 4 nitrogen and oxygen atoms in total. The number of fused-ring (bicyclic) bond motifs is 2. The summed E-state index contributed by atoms with van der Waals surface area (Å²) in [6.45, 7) is 2.02. The molecule has 0 spiro atoms. The molecule has 0 fully saturated rings. The van der Waals surface area contributed by atoms with Crippen molar-refractivity contribution in [1.82, 2.24) is 9.55 Å². The highest BCUT2D eigenvalue weighted by molar-refractivity contribution is 6.29. The first kappa shape index (κ1) is 12.8. The van der Waals surface area contributed by atoms with Crippen LogP contribution in [-0.2, 0) is 6.54 Å². The van der Waals surface area contributed by atoms with Gasteiger partial charge in [0.2, 0.25) is 0 Å². The molecule has 1 aromatic carbocycles. The first-order chi connectivity index (χ1) is 10.3. The van der Waals surface area contributed by atoms with E-state index in [4.69, 9.17) is 21.1 Å². The van der Waals surface area contributed by atoms with Crippen molar-refractivity contribution in [1.29, 1.82) is 0 Å². The van der Waals surface area contributed by atoms with Gasteiger partial charge in [0, 0.05) is 23.7 Å². The van der Waals surface area contributed by atoms with Crippen molar-refractivity contribution in [3.63, 3.8) is 0 Å². The minimum absolute atomic E-state index is 0.596. The Kier molecular flexibility index (Phi) is 3.11. The van der Waals surface area contributed by atoms with Crippen molar-refractivity contribution in [3.05, 3.63) is 41.2 Å². The molecule has 2 aliphatic rings. The summed E-state index contributed by atoms with van der Waals surface area (Å²) in [5.74, 6) is 1.58. The summed E-state index contributed by atoms with van der Waals surface area (Å²) in [6, 6.07) is 3.97. The maximum Gasteiger partial charge on any atom is 0.163 e. The van der Waals surface area contributed by atoms with Crippen LogP contribution in [0.4, 0.5) is 0 Å². The van der Waals surface area contributed by atoms with Crippen LogP contribution in [0.1, 0.15) is 12.8 Å². The summed E-state index contributed by atoms with van der Waals surface area (Å²) < 4.78 is 13.4. The monoisotopic (exact) mass is 302 g/mol. The maximum absolute atomic E-state index is 6.01. The second-order valence-corrected chi connectivity index (χ2v) is 5.78. The Labute approximate surface area is 127 Å². The molecular weight excluding hydrogens is 288 g/mol. The standard InChI is InChI=1S/C16H15ClN2O2/c17-12-3-1-11(2-4-12)9-19-10-18-13-7-15-16(8-14(13)19)21-6-5-20-15/h1,3,7-8,10H,2,4-6,9H2. The molecule has 0 N–H and O–H groups in total. The van der Waals surface area contributed by atoms with E-state index in [0.29, 0.717) is 13.2 Å². The minimum Gasteiger partial charge on any atom is -0.486 e. The van der Waals surface area contributed by atoms with Gasteiger partial charge in [0.15, 0.2) is 11.5 Å². The number of imidazole rings is 1. The zero-order valence-electron chi connectivity index (χ0n) is 11.5. The van der Waals surface area contributed by atoms with Gasteiger partial charge in [0.1, 0.15) is 13.2 Å². The fourth-order valence-corrected chi connectivity index (χ4v) is 2.88. The first-order valence-corrected chi connectivity index (χ1v) is 7.46. The summed E-state index contributed by atoms with van der Waals surface area (Å²) in [5, 5.41) is 0.925. The fourth-order valence-electron chi connectivity index (χ4n) is 2.73. The number of nitrogens with zero attached hydrogens (tertiary/aromatic N) is 2. The zero-order valence-corrected chi connectivity index (χ0v) is 12.3. The van der Waals surface area contributed by atoms with Gasteiger partial charge >= 0.3 is 0 Å². The van der Waals surface area contributed by atoms with Crippen LogP contribution in [0.25, 0.3) is 11.0 Å². The Balaban J connectivity index is 1.69. The number of hydrogen-bond donors (Lipinski definition) is 0. The Morgan fingerprint density at radius 3 is 2.67 bits per heavy atom. The highest BCUT2D eigenvalue weighted by Gasteiger charge is 2.16. The predicted octanol–water partition coefficient (Wildman–Crippen LogP) is 3.65. The molecule has 2 aromatic rings. The molecule has 1 aliphatic carbocycles. The highest BCUT2D eigenvalue weighted by atomic mass is 35.5. The molecule has 4 rings (SSSR count). The molecule has 2 heterocycles. The number of hydrogen-bond acceptors (Lipinski definition) is 3. The van der Waals surface area contributed by atoms with Crippen LogP contribution in [0.2, 0.25) is 0 Å². The van der Waals surface area contributed by atoms with Gasteiger partial charge in [0.05, 0.1) is 17.4 Å². The number of benzene rings is 1. The van der Waals surface area contributed by atoms with Gasteiger partial charge in [-0.15, -0.1) is 0 Å². The third-order valence-electron chi connectivity index (χ3n) is 3.84. The molecule has 0 bridgehead atoms. The lowest BCUT2D eigenvalue weighted by Gasteiger charge is -2.18. The van der Waals surface area contributed by atoms with Gasteiger partial charge in [-0.3, -0.25) is 0 Å². The number of rotatable bonds is 2. The molecule has 5 heteroatoms. The van der Waals surface area contributed by atoms with Crippen molar-refractivity contribution in [3.8, 4) is 11.5 Å². The molecule has 0 amide bonds. The molecule has 0 saturated carbocycles. The van der Waals surface area contributed by atoms with E-state index in [1.165, 1.54) is 5.57 Å². The van der Waals surface area contributed by atoms with Crippen LogP contribution in [0.15, 0.2) is 41.2 Å². The number of ether oxygens (including phenoxy) is 2. The van der Waals surface area contributed by atoms with Crippen molar-refractivity contribution in [2.24, 2.45) is 0 Å². The summed E-state index contributed by atoms with van der Waals surface area (Å²) in [5.41, 5.74) is 3.36. The number of aromatic nitrogens is 2. The fraction of sp³-hybridized carbons (Fsp3) is 0.312. The van der Waals surface area contributed by atoms with Crippen LogP contribution in [0.3, 0.4) is 0 Å². The van der Waals surface area contributed by atoms with Crippen molar-refractivity contribution in [2.45, 2.75) is 19.4 Å². The molecular formula is C16H15ClN2O2. The molecule has 0 unspecified atom stereocenters. The van der Waals surface area contributed by atoms with Gasteiger partial charge in [-0.05, 0) is 18.9 Å². The SMILES string of the molecule is ClC1=CC=C(Cn2cnc3cc4c(cc32)OCCO4)CC1. The summed E-state index contributed by atoms with van der Waals surface area (Å²) >= 11 is 6.01. The molecule has 1 aromatic heterocycles. The molecule has 21 heavy (non-hydrogen) atoms. The lowest BCUT2D eigenvalue weighted by atomic mass is 10.1. The molecule has 108 valence electrons. The maximum atomic E-state index is 6.01. The van der Waals surface area contributed by atoms with Crippen molar-refractivity contribution < 1.29 is 9.47 Å². The van der Waals surface area contributed by atoms with E-state index in [9.17, 15) is 0 Å². The highest BCUT2D eigenvalue weighted by Crippen LogP contribution is 2.34. The Bertz CT molecular complexity index is 761. The Morgan fingerprint density at radius 2 is 1.90 bits per heavy atom. The normalized spacial score (nSPS) is 17.6. The number of halogens is 1. The van der Waals surface area contributed by atoms with E-state index in [2.05, 4.69) is 15.6 Å². The molecule has 0 saturated heterocycles. The lowest BCUT2D eigenvalue weighted by molar-refractivity contribution is 0.172. The quantitative estimate of drug-likeness (QED) is 0.849. The molecule has 0 radical (unpaired) electrons. The average Bonchev–Trinajstić information content (AvgIpc) is 2.89. The predicted molar refractivity (Wildman–Crippen MR) is 82.0 cm³/mol. The van der Waals surface area contributed by atoms with Crippen LogP contribution >= 0.6 is 11.6 Å². The van der Waals surface area contributed by atoms with E-state index >= 15 is 0 Å². The topological polar surface area (TPSA) is 36.3 Å². The first-order valence-electron chi connectivity index (χ1n) is 7.08. The van der Waals surface area contributed by atoms with Gasteiger partial charge in [0.25, 0.3) is 0 Å². The third kappa shape index (κ3) is 2.40. The van der Waals surface area contributed by atoms with E-state index in [1.807, 2.05) is 24.5 Å². The number of allylic oxidation sites excluding steroid dienone is 4. The molecule has 0 atom stereocenters. The van der Waals surface area contributed by atoms with Crippen LogP contribution < -0.4 is 9.47 Å². The van der Waals surface area contributed by atoms with Crippen LogP contribution in [-0.4, -0.2) is 22.8 Å². The van der Waals surface area contributed by atoms with E-state index in [-0.39, 0.29) is 0 Å². The Morgan fingerprint density at radius 1 is 1.10 bits per heavy atom. The van der Waals surface area contributed by atoms with E-state index in [0.717, 1.165) is 47.0 Å². The van der Waals surface area contributed by atoms with Crippen LogP contribution in [0.5, 0.6) is 11.5 Å². The van der Waals surface area contributed by atoms with Crippen LogP contribution in [0, 0.1) is 0 Å². The average molecular weight is 303 g/mol. The summed E-state index contributed by atoms with van der Waals surface area (Å²) in [7, 11) is 0. The van der Waals surface area contributed by atoms with Gasteiger partial charge in [-0.25, -0.2) is 4.98 Å². The lowest BCUT2D eigenvalue weighted by Crippen LogP contribution is -2.15. The van der Waals surface area contributed by atoms with E-state index < -0.39 is 0 Å². The van der Waals surface area contributed by atoms with Gasteiger partial charge < -0.3 is 14.0 Å².